The topological polar surface area (TPSA) is 80.3 Å². The Balaban J connectivity index is -0.0000000160. The molecule has 40 valence electrons. The number of hydrogen-bond donors (Lipinski definition) is 0. The van der Waals surface area contributed by atoms with Crippen molar-refractivity contribution in [2.75, 3.05) is 0 Å². The second kappa shape index (κ2) is 38.5. The van der Waals surface area contributed by atoms with Gasteiger partial charge in [-0.15, -0.1) is 0 Å². The quantitative estimate of drug-likeness (QED) is 0.249. The molecule has 0 aliphatic carbocycles. The Hall–Kier alpha value is 1.57. The first kappa shape index (κ1) is 22.7. The summed E-state index contributed by atoms with van der Waals surface area (Å²) >= 11 is 0. The maximum Gasteiger partial charge on any atom is 1.00 e. The van der Waals surface area contributed by atoms with Gasteiger partial charge < -0.3 is 18.9 Å². The molecule has 0 aromatic heterocycles. The fraction of sp³-hybridized carbons (Fsp3) is 0. The summed E-state index contributed by atoms with van der Waals surface area (Å²) in [5.74, 6) is 0. The molecule has 0 aromatic carbocycles. The Bertz CT molecular complexity index is 33.0. The van der Waals surface area contributed by atoms with E-state index < -0.39 is 17.4 Å². The van der Waals surface area contributed by atoms with Crippen LogP contribution < -0.4 is 47.5 Å². The molecule has 0 heterocycles. The second-order valence-corrected chi connectivity index (χ2v) is 0.577. The molecule has 0 aliphatic rings. The summed E-state index contributed by atoms with van der Waals surface area (Å²) < 4.78 is 16.9. The minimum Gasteiger partial charge on any atom is -0.804 e. The van der Waals surface area contributed by atoms with E-state index in [-0.39, 0.29) is 37.7 Å². The van der Waals surface area contributed by atoms with Crippen LogP contribution in [0.25, 0.3) is 0 Å². The van der Waals surface area contributed by atoms with Gasteiger partial charge in [0.25, 0.3) is 0 Å². The van der Waals surface area contributed by atoms with Crippen molar-refractivity contribution >= 4 is 17.4 Å². The molecule has 0 amide bonds. The van der Waals surface area contributed by atoms with Crippen LogP contribution in [0.15, 0.2) is 0 Å². The van der Waals surface area contributed by atoms with E-state index in [1.807, 2.05) is 0 Å². The Kier molecular flexibility index (Phi) is 109. The van der Waals surface area contributed by atoms with Crippen LogP contribution in [0.5, 0.6) is 0 Å². The van der Waals surface area contributed by atoms with Crippen LogP contribution in [0.4, 0.5) is 0 Å². The smallest absolute Gasteiger partial charge is 0.804 e. The summed E-state index contributed by atoms with van der Waals surface area (Å²) in [6.07, 6.45) is 0. The van der Waals surface area contributed by atoms with Gasteiger partial charge >= 0.3 is 37.7 Å². The molecule has 2 atom stereocenters. The van der Waals surface area contributed by atoms with Gasteiger partial charge in [0.05, 0.1) is 0 Å². The Morgan fingerprint density at radius 2 is 0.875 bits per heavy atom. The first-order valence-corrected chi connectivity index (χ1v) is 2.83. The fourth-order valence-electron chi connectivity index (χ4n) is 0. The molecule has 4 nitrogen and oxygen atoms in total. The summed E-state index contributed by atoms with van der Waals surface area (Å²) in [5.41, 5.74) is 0. The van der Waals surface area contributed by atoms with E-state index in [1.165, 1.54) is 0 Å². The van der Waals surface area contributed by atoms with Crippen molar-refractivity contribution in [2.45, 2.75) is 0 Å². The van der Waals surface area contributed by atoms with Crippen LogP contribution >= 0.6 is 17.4 Å². The Morgan fingerprint density at radius 1 is 0.875 bits per heavy atom. The van der Waals surface area contributed by atoms with Crippen LogP contribution in [0.2, 0.25) is 0 Å². The summed E-state index contributed by atoms with van der Waals surface area (Å²) in [5, 5.41) is 0. The van der Waals surface area contributed by atoms with Gasteiger partial charge in [0.1, 0.15) is 0 Å². The van der Waals surface area contributed by atoms with Gasteiger partial charge in [-0.1, -0.05) is 0 Å². The van der Waals surface area contributed by atoms with Crippen molar-refractivity contribution in [2.24, 2.45) is 0 Å². The van der Waals surface area contributed by atoms with Gasteiger partial charge in [0.15, 0.2) is 0 Å². The zero-order valence-electron chi connectivity index (χ0n) is 4.79. The molecule has 8 heteroatoms. The van der Waals surface area contributed by atoms with Crippen molar-refractivity contribution in [1.29, 1.82) is 0 Å². The van der Waals surface area contributed by atoms with Crippen molar-refractivity contribution in [3.63, 3.8) is 0 Å². The predicted octanol–water partition coefficient (Wildman–Crippen LogP) is -7.96. The molecule has 0 spiro atoms. The maximum absolute atomic E-state index is 8.46. The molecule has 0 saturated carbocycles. The van der Waals surface area contributed by atoms with Gasteiger partial charge in [0.2, 0.25) is 0 Å². The third-order valence-electron chi connectivity index (χ3n) is 0. The van der Waals surface area contributed by atoms with Gasteiger partial charge in [-0.05, 0) is 17.4 Å². The summed E-state index contributed by atoms with van der Waals surface area (Å²) in [7, 11) is -3.50. The molecule has 0 fully saturated rings. The van der Waals surface area contributed by atoms with Crippen molar-refractivity contribution in [1.82, 2.24) is 0 Å². The van der Waals surface area contributed by atoms with Crippen LogP contribution in [0.3, 0.4) is 0 Å². The van der Waals surface area contributed by atoms with Crippen LogP contribution in [0, 0.1) is 0 Å². The van der Waals surface area contributed by atoms with E-state index in [0.29, 0.717) is 0 Å². The molecular weight excluding hydrogens is 140 g/mol. The summed E-state index contributed by atoms with van der Waals surface area (Å²) in [6.45, 7) is 0. The van der Waals surface area contributed by atoms with E-state index in [1.54, 1.807) is 0 Å². The first-order valence-electron chi connectivity index (χ1n) is 0.943. The largest absolute Gasteiger partial charge is 1.00 e. The Morgan fingerprint density at radius 3 is 0.875 bits per heavy atom. The number of rotatable bonds is 0. The predicted molar refractivity (Wildman–Crippen MR) is 20.8 cm³/mol. The average Bonchev–Trinajstić information content (AvgIpc) is 1.39. The van der Waals surface area contributed by atoms with Crippen LogP contribution in [-0.4, -0.2) is 0 Å². The van der Waals surface area contributed by atoms with Gasteiger partial charge in [-0.25, -0.2) is 0 Å². The first-order chi connectivity index (χ1) is 2.83. The molecule has 0 saturated heterocycles. The molecular formula is H4Li2O4P2. The van der Waals surface area contributed by atoms with E-state index in [4.69, 9.17) is 18.9 Å². The monoisotopic (exact) mass is 144 g/mol. The van der Waals surface area contributed by atoms with E-state index in [0.717, 1.165) is 0 Å². The molecule has 0 radical (unpaired) electrons. The SMILES string of the molecule is O=[PH2][O-].O=[PH2][O-].[Li+].[Li+]. The van der Waals surface area contributed by atoms with E-state index in [2.05, 4.69) is 0 Å². The Labute approximate surface area is 74.0 Å². The zero-order chi connectivity index (χ0) is 5.41. The van der Waals surface area contributed by atoms with E-state index >= 15 is 0 Å². The minimum absolute atomic E-state index is 0. The van der Waals surface area contributed by atoms with Crippen molar-refractivity contribution < 1.29 is 56.6 Å². The van der Waals surface area contributed by atoms with Gasteiger partial charge in [-0.3, -0.25) is 0 Å². The molecule has 0 rings (SSSR count). The number of hydrogen-bond acceptors (Lipinski definition) is 4. The van der Waals surface area contributed by atoms with Crippen LogP contribution in [0.1, 0.15) is 0 Å². The molecule has 0 aromatic rings. The average molecular weight is 144 g/mol. The molecule has 2 unspecified atom stereocenters. The normalized spacial score (nSPS) is 7.25. The minimum atomic E-state index is -1.75. The maximum atomic E-state index is 8.46. The van der Waals surface area contributed by atoms with Gasteiger partial charge in [-0.2, -0.15) is 0 Å². The third kappa shape index (κ3) is 132. The van der Waals surface area contributed by atoms with Crippen LogP contribution in [-0.2, 0) is 9.13 Å². The molecule has 0 aliphatic heterocycles. The zero-order valence-corrected chi connectivity index (χ0v) is 7.10. The third-order valence-corrected chi connectivity index (χ3v) is 0. The standard InChI is InChI=1S/2Li.2H3O2P/c;;2*1-3-2/h;;2*3H2,(H,1,2)/q2*+1;;/p-2. The fourth-order valence-corrected chi connectivity index (χ4v) is 0. The summed E-state index contributed by atoms with van der Waals surface area (Å²) in [6, 6.07) is 0. The molecule has 0 N–H and O–H groups in total. The van der Waals surface area contributed by atoms with Crippen molar-refractivity contribution in [3.05, 3.63) is 0 Å². The molecule has 8 heavy (non-hydrogen) atoms. The molecule has 0 bridgehead atoms. The van der Waals surface area contributed by atoms with Crippen molar-refractivity contribution in [3.8, 4) is 0 Å². The second-order valence-electron chi connectivity index (χ2n) is 0.192. The van der Waals surface area contributed by atoms with Gasteiger partial charge in [0, 0.05) is 0 Å². The summed E-state index contributed by atoms with van der Waals surface area (Å²) in [4.78, 5) is 16.9. The van der Waals surface area contributed by atoms with E-state index in [9.17, 15) is 0 Å².